The highest BCUT2D eigenvalue weighted by atomic mass is 35.7. The van der Waals surface area contributed by atoms with Crippen LogP contribution in [0.1, 0.15) is 6.92 Å². The average molecular weight is 1050 g/mol. The normalized spacial score (nSPS) is 12.1. The van der Waals surface area contributed by atoms with Crippen molar-refractivity contribution in [3.05, 3.63) is 164 Å². The van der Waals surface area contributed by atoms with Gasteiger partial charge in [-0.1, -0.05) is 66.4 Å². The molecular formula is C43H48Cl2O14S6. The van der Waals surface area contributed by atoms with Crippen LogP contribution in [0.2, 0.25) is 0 Å². The van der Waals surface area contributed by atoms with Crippen molar-refractivity contribution in [2.24, 2.45) is 0 Å². The number of carbonyl (C=O) groups is 1. The Bertz CT molecular complexity index is 2180. The second kappa shape index (κ2) is 34.0. The van der Waals surface area contributed by atoms with E-state index in [0.29, 0.717) is 0 Å². The van der Waals surface area contributed by atoms with Crippen molar-refractivity contribution in [3.63, 3.8) is 0 Å². The molecule has 14 nitrogen and oxygen atoms in total. The van der Waals surface area contributed by atoms with Gasteiger partial charge in [0, 0.05) is 65.5 Å². The highest BCUT2D eigenvalue weighted by molar-refractivity contribution is 7.99. The molecule has 0 amide bonds. The fraction of sp³-hybridized carbons (Fsp3) is 0.140. The van der Waals surface area contributed by atoms with E-state index in [2.05, 4.69) is 122 Å². The lowest BCUT2D eigenvalue weighted by atomic mass is 10.4. The molecule has 6 aromatic rings. The van der Waals surface area contributed by atoms with Crippen molar-refractivity contribution in [2.75, 3.05) is 31.3 Å². The Morgan fingerprint density at radius 1 is 0.477 bits per heavy atom. The van der Waals surface area contributed by atoms with Crippen molar-refractivity contribution >= 4 is 72.9 Å². The molecule has 6 aromatic carbocycles. The van der Waals surface area contributed by atoms with E-state index in [0.717, 1.165) is 16.7 Å². The molecule has 4 unspecified atom stereocenters. The molecule has 0 radical (unpaired) electrons. The van der Waals surface area contributed by atoms with E-state index in [4.69, 9.17) is 57.7 Å². The van der Waals surface area contributed by atoms with Gasteiger partial charge in [0.2, 0.25) is 0 Å². The minimum absolute atomic E-state index is 0.0828. The molecule has 6 rings (SSSR count). The number of carboxylic acids is 1. The van der Waals surface area contributed by atoms with Crippen molar-refractivity contribution in [1.29, 1.82) is 0 Å². The maximum Gasteiger partial charge on any atom is 0.300 e. The van der Waals surface area contributed by atoms with Crippen LogP contribution in [-0.2, 0) is 48.2 Å². The molecule has 0 bridgehead atoms. The molecule has 0 spiro atoms. The minimum atomic E-state index is -4.94. The molecule has 0 aliphatic rings. The first-order valence-corrected chi connectivity index (χ1v) is 28.7. The molecule has 0 aliphatic carbocycles. The van der Waals surface area contributed by atoms with E-state index in [1.54, 1.807) is 36.0 Å². The average Bonchev–Trinajstić information content (AvgIpc) is 3.27. The van der Waals surface area contributed by atoms with Gasteiger partial charge in [0.15, 0.2) is 19.6 Å². The molecular weight excluding hydrogens is 1000 g/mol. The number of carboxylic acid groups (broad SMARTS) is 1. The van der Waals surface area contributed by atoms with Gasteiger partial charge in [0.1, 0.15) is 12.5 Å². The zero-order valence-corrected chi connectivity index (χ0v) is 42.0. The largest absolute Gasteiger partial charge is 0.481 e. The number of aliphatic carboxylic acids is 1. The van der Waals surface area contributed by atoms with Crippen LogP contribution in [0.15, 0.2) is 208 Å². The summed E-state index contributed by atoms with van der Waals surface area (Å²) in [5, 5.41) is 19.4. The van der Waals surface area contributed by atoms with Gasteiger partial charge in [-0.25, -0.2) is 37.3 Å². The second-order valence-corrected chi connectivity index (χ2v) is 22.1. The Morgan fingerprint density at radius 2 is 0.708 bits per heavy atom. The summed E-state index contributed by atoms with van der Waals surface area (Å²) in [5.74, 6) is -0.833. The number of hydrogen-bond donors (Lipinski definition) is 3. The number of benzene rings is 6. The Kier molecular flexibility index (Phi) is 32.3. The standard InChI is InChI=1S/C14H15OS2.C14H15S2.C13H12OS2.C2H4O2.2ClHO4.H2O2/c1-16(12-6-4-3-5-7-12)13-8-10-14(11-9-13)17(2)15;1-15-12-8-10-14(11-9-12)16(2)13-6-4-3-5-7-13;1-16(14)13-9-7-12(8-10-13)15-11-5-3-2-4-6-11;1-2(3)4;2*2-1(3,4)5;1-2/h3-11H,1-2H3;3-11H,1-2H3;2-10H,1H3;1H3,(H,3,4);2*(H,2,3,4,5);1-2H/q2*+1;;;;;/p-2. The predicted molar refractivity (Wildman–Crippen MR) is 237 cm³/mol. The lowest BCUT2D eigenvalue weighted by Gasteiger charge is -2.17. The van der Waals surface area contributed by atoms with Crippen LogP contribution in [0.25, 0.3) is 0 Å². The molecule has 3 N–H and O–H groups in total. The molecule has 0 aliphatic heterocycles. The van der Waals surface area contributed by atoms with Crippen LogP contribution in [0.3, 0.4) is 0 Å². The van der Waals surface area contributed by atoms with E-state index in [9.17, 15) is 8.42 Å². The third kappa shape index (κ3) is 32.1. The van der Waals surface area contributed by atoms with Gasteiger partial charge in [-0.05, 0) is 115 Å². The fourth-order valence-electron chi connectivity index (χ4n) is 4.46. The maximum absolute atomic E-state index is 11.3. The molecule has 0 heterocycles. The highest BCUT2D eigenvalue weighted by Crippen LogP contribution is 2.28. The fourth-order valence-corrected chi connectivity index (χ4v) is 9.51. The lowest BCUT2D eigenvalue weighted by molar-refractivity contribution is -2.00. The number of halogens is 2. The Morgan fingerprint density at radius 3 is 1.00 bits per heavy atom. The van der Waals surface area contributed by atoms with Gasteiger partial charge in [0.25, 0.3) is 5.97 Å². The number of rotatable bonds is 9. The lowest BCUT2D eigenvalue weighted by Crippen LogP contribution is -2.68. The van der Waals surface area contributed by atoms with Crippen LogP contribution in [0.5, 0.6) is 0 Å². The summed E-state index contributed by atoms with van der Waals surface area (Å²) < 4.78 is 90.5. The summed E-state index contributed by atoms with van der Waals surface area (Å²) in [7, 11) is -11.4. The first-order chi connectivity index (χ1) is 30.5. The van der Waals surface area contributed by atoms with Gasteiger partial charge >= 0.3 is 0 Å². The Hall–Kier alpha value is -3.33. The Balaban J connectivity index is 0.000000811. The van der Waals surface area contributed by atoms with E-state index < -0.39 is 48.1 Å². The predicted octanol–water partition coefficient (Wildman–Crippen LogP) is 1.34. The molecule has 0 saturated carbocycles. The Labute approximate surface area is 402 Å². The van der Waals surface area contributed by atoms with E-state index in [-0.39, 0.29) is 21.8 Å². The summed E-state index contributed by atoms with van der Waals surface area (Å²) in [6.45, 7) is 1.08. The minimum Gasteiger partial charge on any atom is -0.481 e. The maximum atomic E-state index is 11.3. The summed E-state index contributed by atoms with van der Waals surface area (Å²) in [5.41, 5.74) is 0. The van der Waals surface area contributed by atoms with E-state index in [1.807, 2.05) is 60.7 Å². The summed E-state index contributed by atoms with van der Waals surface area (Å²) >= 11 is 3.50. The summed E-state index contributed by atoms with van der Waals surface area (Å²) in [4.78, 5) is 19.9. The van der Waals surface area contributed by atoms with Crippen molar-refractivity contribution < 1.29 is 86.6 Å². The van der Waals surface area contributed by atoms with Gasteiger partial charge in [-0.15, -0.1) is 32.2 Å². The van der Waals surface area contributed by atoms with Crippen LogP contribution < -0.4 is 37.3 Å². The summed E-state index contributed by atoms with van der Waals surface area (Å²) in [6, 6.07) is 56.1. The zero-order valence-electron chi connectivity index (χ0n) is 35.6. The molecule has 0 fully saturated rings. The smallest absolute Gasteiger partial charge is 0.300 e. The summed E-state index contributed by atoms with van der Waals surface area (Å²) in [6.07, 6.45) is 10.0. The molecule has 4 atom stereocenters. The first-order valence-electron chi connectivity index (χ1n) is 17.8. The topological polar surface area (TPSA) is 296 Å². The van der Waals surface area contributed by atoms with Crippen molar-refractivity contribution in [1.82, 2.24) is 0 Å². The van der Waals surface area contributed by atoms with Crippen LogP contribution in [-0.4, -0.2) is 61.3 Å². The quantitative estimate of drug-likeness (QED) is 0.0797. The highest BCUT2D eigenvalue weighted by Gasteiger charge is 2.19. The van der Waals surface area contributed by atoms with Gasteiger partial charge in [0.05, 0.1) is 21.8 Å². The molecule has 22 heteroatoms. The van der Waals surface area contributed by atoms with Crippen LogP contribution in [0, 0.1) is 20.5 Å². The first kappa shape index (κ1) is 61.7. The molecule has 0 aromatic heterocycles. The van der Waals surface area contributed by atoms with Gasteiger partial charge in [-0.3, -0.25) is 23.7 Å². The van der Waals surface area contributed by atoms with Gasteiger partial charge in [-0.2, -0.15) is 0 Å². The third-order valence-electron chi connectivity index (χ3n) is 7.25. The monoisotopic (exact) mass is 1050 g/mol. The van der Waals surface area contributed by atoms with Gasteiger partial charge < -0.3 is 5.11 Å². The molecule has 354 valence electrons. The van der Waals surface area contributed by atoms with Crippen LogP contribution >= 0.6 is 23.5 Å². The van der Waals surface area contributed by atoms with E-state index in [1.165, 1.54) is 34.3 Å². The van der Waals surface area contributed by atoms with E-state index >= 15 is 0 Å². The third-order valence-corrected chi connectivity index (χ3v) is 14.8. The zero-order chi connectivity index (χ0) is 49.6. The molecule has 65 heavy (non-hydrogen) atoms. The van der Waals surface area contributed by atoms with Crippen molar-refractivity contribution in [3.8, 4) is 0 Å². The SMILES string of the molecule is CC(=O)O.CS(=O)c1ccc(Sc2ccccc2)cc1.CS(=O)c1ccc([S+](C)c2ccccc2)cc1.CSc1ccc([S+](C)c2ccccc2)cc1.OO.[O-][Cl+3]([O-])([O-])[O-].[O-][Cl+3]([O-])([O-])[O-]. The molecule has 0 saturated heterocycles. The number of thioether (sulfide) groups is 1. The van der Waals surface area contributed by atoms with Crippen molar-refractivity contribution in [2.45, 2.75) is 51.0 Å². The second-order valence-electron chi connectivity index (χ2n) is 11.9. The van der Waals surface area contributed by atoms with Crippen LogP contribution in [0.4, 0.5) is 0 Å². The number of hydrogen-bond acceptors (Lipinski definition) is 15.